The topological polar surface area (TPSA) is 61.7 Å². The molecule has 2 N–H and O–H groups in total. The Balaban J connectivity index is 2.49. The van der Waals surface area contributed by atoms with Crippen LogP contribution in [-0.4, -0.2) is 19.3 Å². The van der Waals surface area contributed by atoms with Crippen LogP contribution in [0.15, 0.2) is 12.4 Å². The van der Waals surface area contributed by atoms with Crippen molar-refractivity contribution in [2.75, 3.05) is 5.73 Å². The summed E-state index contributed by atoms with van der Waals surface area (Å²) in [5, 5.41) is 4.25. The first-order valence-electron chi connectivity index (χ1n) is 5.91. The van der Waals surface area contributed by atoms with Crippen molar-refractivity contribution in [1.82, 2.24) is 19.3 Å². The predicted molar refractivity (Wildman–Crippen MR) is 68.7 cm³/mol. The van der Waals surface area contributed by atoms with Crippen LogP contribution in [0.3, 0.4) is 0 Å². The summed E-state index contributed by atoms with van der Waals surface area (Å²) >= 11 is 0. The summed E-state index contributed by atoms with van der Waals surface area (Å²) in [4.78, 5) is 4.53. The first-order valence-corrected chi connectivity index (χ1v) is 5.91. The summed E-state index contributed by atoms with van der Waals surface area (Å²) in [7, 11) is 0. The van der Waals surface area contributed by atoms with Gasteiger partial charge in [-0.15, -0.1) is 0 Å². The van der Waals surface area contributed by atoms with Crippen LogP contribution in [0.1, 0.15) is 32.6 Å². The molecular weight excluding hydrogens is 214 g/mol. The van der Waals surface area contributed by atoms with E-state index in [9.17, 15) is 0 Å². The van der Waals surface area contributed by atoms with Gasteiger partial charge in [-0.1, -0.05) is 0 Å². The van der Waals surface area contributed by atoms with E-state index >= 15 is 0 Å². The Bertz CT molecular complexity index is 521. The molecular formula is C12H19N5. The van der Waals surface area contributed by atoms with Crippen LogP contribution in [0.2, 0.25) is 0 Å². The van der Waals surface area contributed by atoms with Gasteiger partial charge in [0.05, 0.1) is 6.20 Å². The number of aromatic nitrogens is 4. The average molecular weight is 233 g/mol. The summed E-state index contributed by atoms with van der Waals surface area (Å²) in [6.07, 6.45) is 3.79. The average Bonchev–Trinajstić information content (AvgIpc) is 2.82. The van der Waals surface area contributed by atoms with Gasteiger partial charge in [-0.3, -0.25) is 4.68 Å². The van der Waals surface area contributed by atoms with E-state index in [1.807, 2.05) is 28.6 Å². The highest BCUT2D eigenvalue weighted by molar-refractivity contribution is 5.70. The highest BCUT2D eigenvalue weighted by atomic mass is 15.3. The minimum absolute atomic E-state index is 0.317. The van der Waals surface area contributed by atoms with E-state index in [0.29, 0.717) is 11.9 Å². The molecule has 0 unspecified atom stereocenters. The molecule has 2 heterocycles. The molecule has 0 amide bonds. The van der Waals surface area contributed by atoms with Crippen molar-refractivity contribution >= 4 is 5.82 Å². The minimum atomic E-state index is 0.317. The fraction of sp³-hybridized carbons (Fsp3) is 0.500. The number of nitrogen functional groups attached to an aromatic ring is 1. The van der Waals surface area contributed by atoms with Gasteiger partial charge in [-0.25, -0.2) is 4.98 Å². The van der Waals surface area contributed by atoms with Gasteiger partial charge >= 0.3 is 0 Å². The van der Waals surface area contributed by atoms with Crippen LogP contribution in [-0.2, 0) is 6.54 Å². The largest absolute Gasteiger partial charge is 0.383 e. The van der Waals surface area contributed by atoms with Crippen LogP contribution in [0.4, 0.5) is 5.82 Å². The molecule has 0 spiro atoms. The quantitative estimate of drug-likeness (QED) is 0.884. The lowest BCUT2D eigenvalue weighted by Gasteiger charge is -2.11. The van der Waals surface area contributed by atoms with Crippen molar-refractivity contribution in [3.63, 3.8) is 0 Å². The minimum Gasteiger partial charge on any atom is -0.383 e. The van der Waals surface area contributed by atoms with E-state index in [0.717, 1.165) is 23.6 Å². The number of hydrogen-bond acceptors (Lipinski definition) is 3. The molecule has 0 saturated carbocycles. The summed E-state index contributed by atoms with van der Waals surface area (Å²) in [5.74, 6) is 1.66. The fourth-order valence-corrected chi connectivity index (χ4v) is 2.08. The van der Waals surface area contributed by atoms with E-state index in [4.69, 9.17) is 5.73 Å². The van der Waals surface area contributed by atoms with Gasteiger partial charge in [0.2, 0.25) is 0 Å². The Morgan fingerprint density at radius 3 is 2.59 bits per heavy atom. The SMILES string of the molecule is CCn1cc(-c2nc(C)n(C(C)C)c2N)cn1. The van der Waals surface area contributed by atoms with Crippen molar-refractivity contribution in [2.45, 2.75) is 40.3 Å². The predicted octanol–water partition coefficient (Wildman–Crippen LogP) is 2.24. The second-order valence-electron chi connectivity index (χ2n) is 4.44. The zero-order valence-electron chi connectivity index (χ0n) is 10.8. The summed E-state index contributed by atoms with van der Waals surface area (Å²) in [6.45, 7) is 9.08. The molecule has 0 atom stereocenters. The van der Waals surface area contributed by atoms with Crippen LogP contribution < -0.4 is 5.73 Å². The lowest BCUT2D eigenvalue weighted by Crippen LogP contribution is -2.07. The Morgan fingerprint density at radius 2 is 2.12 bits per heavy atom. The number of nitrogens with zero attached hydrogens (tertiary/aromatic N) is 4. The molecule has 17 heavy (non-hydrogen) atoms. The molecule has 92 valence electrons. The van der Waals surface area contributed by atoms with Gasteiger partial charge < -0.3 is 10.3 Å². The lowest BCUT2D eigenvalue weighted by molar-refractivity contribution is 0.590. The summed E-state index contributed by atoms with van der Waals surface area (Å²) in [6, 6.07) is 0.317. The monoisotopic (exact) mass is 233 g/mol. The molecule has 0 aliphatic heterocycles. The van der Waals surface area contributed by atoms with Crippen molar-refractivity contribution in [1.29, 1.82) is 0 Å². The number of anilines is 1. The second-order valence-corrected chi connectivity index (χ2v) is 4.44. The molecule has 0 radical (unpaired) electrons. The van der Waals surface area contributed by atoms with Gasteiger partial charge in [0, 0.05) is 24.3 Å². The molecule has 2 aromatic rings. The van der Waals surface area contributed by atoms with E-state index < -0.39 is 0 Å². The Hall–Kier alpha value is -1.78. The Morgan fingerprint density at radius 1 is 1.41 bits per heavy atom. The Labute approximate surface area is 101 Å². The van der Waals surface area contributed by atoms with Gasteiger partial charge in [0.1, 0.15) is 17.3 Å². The third-order valence-electron chi connectivity index (χ3n) is 2.87. The van der Waals surface area contributed by atoms with Crippen molar-refractivity contribution in [3.8, 4) is 11.3 Å². The van der Waals surface area contributed by atoms with E-state index in [1.54, 1.807) is 0 Å². The molecule has 0 saturated heterocycles. The molecule has 2 rings (SSSR count). The highest BCUT2D eigenvalue weighted by Crippen LogP contribution is 2.28. The molecule has 0 aromatic carbocycles. The standard InChI is InChI=1S/C12H19N5/c1-5-16-7-10(6-14-16)11-12(13)17(8(2)3)9(4)15-11/h6-8H,5,13H2,1-4H3. The summed E-state index contributed by atoms with van der Waals surface area (Å²) < 4.78 is 3.91. The van der Waals surface area contributed by atoms with Gasteiger partial charge in [0.25, 0.3) is 0 Å². The number of hydrogen-bond donors (Lipinski definition) is 1. The fourth-order valence-electron chi connectivity index (χ4n) is 2.08. The maximum Gasteiger partial charge on any atom is 0.132 e. The third-order valence-corrected chi connectivity index (χ3v) is 2.87. The smallest absolute Gasteiger partial charge is 0.132 e. The van der Waals surface area contributed by atoms with Crippen LogP contribution in [0, 0.1) is 6.92 Å². The molecule has 0 aliphatic carbocycles. The first kappa shape index (κ1) is 11.7. The van der Waals surface area contributed by atoms with Crippen LogP contribution in [0.25, 0.3) is 11.3 Å². The molecule has 0 bridgehead atoms. The molecule has 0 fully saturated rings. The van der Waals surface area contributed by atoms with Crippen molar-refractivity contribution in [2.24, 2.45) is 0 Å². The zero-order chi connectivity index (χ0) is 12.6. The van der Waals surface area contributed by atoms with E-state index in [1.165, 1.54) is 0 Å². The van der Waals surface area contributed by atoms with Gasteiger partial charge in [-0.2, -0.15) is 5.10 Å². The molecule has 5 heteroatoms. The molecule has 0 aliphatic rings. The maximum atomic E-state index is 6.15. The lowest BCUT2D eigenvalue weighted by atomic mass is 10.2. The first-order chi connectivity index (χ1) is 8.04. The van der Waals surface area contributed by atoms with Crippen molar-refractivity contribution in [3.05, 3.63) is 18.2 Å². The van der Waals surface area contributed by atoms with Gasteiger partial charge in [-0.05, 0) is 27.7 Å². The number of nitrogens with two attached hydrogens (primary N) is 1. The van der Waals surface area contributed by atoms with Crippen LogP contribution in [0.5, 0.6) is 0 Å². The van der Waals surface area contributed by atoms with Crippen LogP contribution >= 0.6 is 0 Å². The summed E-state index contributed by atoms with van der Waals surface area (Å²) in [5.41, 5.74) is 7.96. The van der Waals surface area contributed by atoms with Crippen molar-refractivity contribution < 1.29 is 0 Å². The molecule has 5 nitrogen and oxygen atoms in total. The normalized spacial score (nSPS) is 11.4. The number of aryl methyl sites for hydroxylation is 2. The second kappa shape index (κ2) is 4.24. The van der Waals surface area contributed by atoms with E-state index in [2.05, 4.69) is 30.9 Å². The third kappa shape index (κ3) is 1.92. The molecule has 2 aromatic heterocycles. The zero-order valence-corrected chi connectivity index (χ0v) is 10.8. The van der Waals surface area contributed by atoms with Gasteiger partial charge in [0.15, 0.2) is 0 Å². The number of imidazole rings is 1. The highest BCUT2D eigenvalue weighted by Gasteiger charge is 2.16. The Kier molecular flexibility index (Phi) is 2.92. The van der Waals surface area contributed by atoms with E-state index in [-0.39, 0.29) is 0 Å². The number of rotatable bonds is 3. The maximum absolute atomic E-state index is 6.15.